The van der Waals surface area contributed by atoms with Crippen molar-refractivity contribution in [2.75, 3.05) is 0 Å². The van der Waals surface area contributed by atoms with E-state index in [1.54, 1.807) is 0 Å². The monoisotopic (exact) mass is 260 g/mol. The Morgan fingerprint density at radius 2 is 1.58 bits per heavy atom. The summed E-state index contributed by atoms with van der Waals surface area (Å²) in [4.78, 5) is 12.0. The average Bonchev–Trinajstić information content (AvgIpc) is 2.33. The molecule has 0 amide bonds. The van der Waals surface area contributed by atoms with Gasteiger partial charge in [-0.05, 0) is 52.5 Å². The number of allylic oxidation sites excluding steroid dienone is 4. The predicted octanol–water partition coefficient (Wildman–Crippen LogP) is 4.93. The fourth-order valence-electron chi connectivity index (χ4n) is 2.29. The van der Waals surface area contributed by atoms with E-state index >= 15 is 0 Å². The van der Waals surface area contributed by atoms with Gasteiger partial charge in [0.05, 0.1) is 0 Å². The van der Waals surface area contributed by atoms with Crippen LogP contribution in [-0.2, 0) is 4.79 Å². The van der Waals surface area contributed by atoms with E-state index in [1.165, 1.54) is 11.1 Å². The molecule has 0 heterocycles. The summed E-state index contributed by atoms with van der Waals surface area (Å²) in [5.41, 5.74) is 2.25. The first-order valence-corrected chi connectivity index (χ1v) is 6.86. The number of ketones is 1. The van der Waals surface area contributed by atoms with E-state index in [-0.39, 0.29) is 10.8 Å². The number of hydrogen-bond acceptors (Lipinski definition) is 1. The zero-order chi connectivity index (χ0) is 15.3. The van der Waals surface area contributed by atoms with Crippen molar-refractivity contribution in [3.05, 3.63) is 23.3 Å². The van der Waals surface area contributed by atoms with Gasteiger partial charge in [-0.25, -0.2) is 0 Å². The minimum atomic E-state index is -0.287. The lowest BCUT2D eigenvalue weighted by atomic mass is 9.62. The van der Waals surface area contributed by atoms with Crippen molar-refractivity contribution in [3.8, 4) is 11.8 Å². The van der Waals surface area contributed by atoms with Gasteiger partial charge >= 0.3 is 0 Å². The third-order valence-electron chi connectivity index (χ3n) is 3.95. The molecular weight excluding hydrogens is 232 g/mol. The van der Waals surface area contributed by atoms with Crippen LogP contribution < -0.4 is 0 Å². The summed E-state index contributed by atoms with van der Waals surface area (Å²) in [6.45, 7) is 16.1. The molecule has 106 valence electrons. The van der Waals surface area contributed by atoms with Gasteiger partial charge in [0.1, 0.15) is 5.78 Å². The molecule has 19 heavy (non-hydrogen) atoms. The number of Topliss-reactive ketones (excluding diaryl/α,β-unsaturated/α-hetero) is 1. The zero-order valence-electron chi connectivity index (χ0n) is 13.8. The molecule has 1 rings (SSSR count). The topological polar surface area (TPSA) is 17.1 Å². The Morgan fingerprint density at radius 3 is 1.95 bits per heavy atom. The number of hydrogen-bond donors (Lipinski definition) is 0. The average molecular weight is 260 g/mol. The fraction of sp³-hybridized carbons (Fsp3) is 0.611. The first kappa shape index (κ1) is 17.7. The zero-order valence-corrected chi connectivity index (χ0v) is 13.8. The summed E-state index contributed by atoms with van der Waals surface area (Å²) < 4.78 is 0. The molecule has 1 heteroatoms. The van der Waals surface area contributed by atoms with Crippen molar-refractivity contribution in [2.24, 2.45) is 10.8 Å². The molecule has 0 aromatic heterocycles. The Labute approximate surface area is 119 Å². The van der Waals surface area contributed by atoms with Gasteiger partial charge in [0, 0.05) is 11.8 Å². The lowest BCUT2D eigenvalue weighted by Gasteiger charge is -2.40. The SMILES string of the molecule is C/C=C\C1=C(C)C(C)(C)C(=O)CC1(C)C.CC#CC. The van der Waals surface area contributed by atoms with Crippen LogP contribution >= 0.6 is 0 Å². The maximum Gasteiger partial charge on any atom is 0.143 e. The fourth-order valence-corrected chi connectivity index (χ4v) is 2.29. The summed E-state index contributed by atoms with van der Waals surface area (Å²) in [6, 6.07) is 0. The van der Waals surface area contributed by atoms with Crippen LogP contribution in [0.1, 0.15) is 61.8 Å². The van der Waals surface area contributed by atoms with Crippen molar-refractivity contribution < 1.29 is 4.79 Å². The Kier molecular flexibility index (Phi) is 6.30. The second-order valence-electron chi connectivity index (χ2n) is 6.15. The molecule has 0 radical (unpaired) electrons. The lowest BCUT2D eigenvalue weighted by molar-refractivity contribution is -0.127. The highest BCUT2D eigenvalue weighted by Crippen LogP contribution is 2.46. The molecule has 0 unspecified atom stereocenters. The Hall–Kier alpha value is -1.29. The third-order valence-corrected chi connectivity index (χ3v) is 3.95. The molecule has 1 nitrogen and oxygen atoms in total. The van der Waals surface area contributed by atoms with Crippen LogP contribution in [0.4, 0.5) is 0 Å². The standard InChI is InChI=1S/C14H22O.C4H6/c1-7-8-11-10(2)14(5,6)12(15)9-13(11,3)4;1-3-4-2/h7-8H,9H2,1-6H3;1-2H3/b8-7-;. The largest absolute Gasteiger partial charge is 0.299 e. The second-order valence-corrected chi connectivity index (χ2v) is 6.15. The third kappa shape index (κ3) is 4.10. The summed E-state index contributed by atoms with van der Waals surface area (Å²) in [5, 5.41) is 0. The first-order chi connectivity index (χ1) is 8.65. The lowest BCUT2D eigenvalue weighted by Crippen LogP contribution is -2.37. The highest BCUT2D eigenvalue weighted by Gasteiger charge is 2.42. The van der Waals surface area contributed by atoms with Crippen LogP contribution in [-0.4, -0.2) is 5.78 Å². The maximum absolute atomic E-state index is 12.0. The molecule has 0 aromatic carbocycles. The maximum atomic E-state index is 12.0. The molecule has 0 spiro atoms. The molecule has 0 aromatic rings. The van der Waals surface area contributed by atoms with E-state index in [2.05, 4.69) is 44.8 Å². The van der Waals surface area contributed by atoms with Gasteiger partial charge in [-0.15, -0.1) is 11.8 Å². The molecule has 0 saturated carbocycles. The van der Waals surface area contributed by atoms with Gasteiger partial charge in [0.25, 0.3) is 0 Å². The van der Waals surface area contributed by atoms with E-state index in [0.717, 1.165) is 0 Å². The Morgan fingerprint density at radius 1 is 1.11 bits per heavy atom. The Balaban J connectivity index is 0.000000711. The van der Waals surface area contributed by atoms with Gasteiger partial charge in [0.15, 0.2) is 0 Å². The second kappa shape index (κ2) is 6.75. The van der Waals surface area contributed by atoms with Gasteiger partial charge in [-0.1, -0.05) is 31.6 Å². The van der Waals surface area contributed by atoms with Crippen LogP contribution in [0, 0.1) is 22.7 Å². The molecule has 1 aliphatic carbocycles. The Bertz CT molecular complexity index is 442. The van der Waals surface area contributed by atoms with Crippen LogP contribution in [0.25, 0.3) is 0 Å². The van der Waals surface area contributed by atoms with Crippen molar-refractivity contribution in [1.29, 1.82) is 0 Å². The van der Waals surface area contributed by atoms with E-state index in [1.807, 2.05) is 34.6 Å². The van der Waals surface area contributed by atoms with Crippen molar-refractivity contribution in [1.82, 2.24) is 0 Å². The van der Waals surface area contributed by atoms with Crippen LogP contribution in [0.3, 0.4) is 0 Å². The minimum absolute atomic E-state index is 0.0107. The van der Waals surface area contributed by atoms with Crippen molar-refractivity contribution in [3.63, 3.8) is 0 Å². The molecule has 0 bridgehead atoms. The summed E-state index contributed by atoms with van der Waals surface area (Å²) >= 11 is 0. The molecule has 1 aliphatic rings. The molecule has 0 N–H and O–H groups in total. The minimum Gasteiger partial charge on any atom is -0.299 e. The normalized spacial score (nSPS) is 20.5. The van der Waals surface area contributed by atoms with Crippen molar-refractivity contribution >= 4 is 5.78 Å². The highest BCUT2D eigenvalue weighted by atomic mass is 16.1. The van der Waals surface area contributed by atoms with E-state index < -0.39 is 0 Å². The molecule has 0 aliphatic heterocycles. The van der Waals surface area contributed by atoms with Gasteiger partial charge in [0.2, 0.25) is 0 Å². The molecule has 0 saturated heterocycles. The first-order valence-electron chi connectivity index (χ1n) is 6.86. The quantitative estimate of drug-likeness (QED) is 0.611. The predicted molar refractivity (Wildman–Crippen MR) is 83.8 cm³/mol. The molecular formula is C18H28O. The summed E-state index contributed by atoms with van der Waals surface area (Å²) in [6.07, 6.45) is 4.87. The van der Waals surface area contributed by atoms with Gasteiger partial charge in [-0.3, -0.25) is 4.79 Å². The molecule has 0 fully saturated rings. The molecule has 0 atom stereocenters. The van der Waals surface area contributed by atoms with Crippen LogP contribution in [0.15, 0.2) is 23.3 Å². The van der Waals surface area contributed by atoms with Gasteiger partial charge in [-0.2, -0.15) is 0 Å². The summed E-state index contributed by atoms with van der Waals surface area (Å²) in [5.74, 6) is 5.72. The van der Waals surface area contributed by atoms with E-state index in [4.69, 9.17) is 0 Å². The number of carbonyl (C=O) groups excluding carboxylic acids is 1. The smallest absolute Gasteiger partial charge is 0.143 e. The number of carbonyl (C=O) groups is 1. The van der Waals surface area contributed by atoms with Crippen LogP contribution in [0.2, 0.25) is 0 Å². The van der Waals surface area contributed by atoms with Gasteiger partial charge < -0.3 is 0 Å². The highest BCUT2D eigenvalue weighted by molar-refractivity contribution is 5.90. The van der Waals surface area contributed by atoms with Crippen LogP contribution in [0.5, 0.6) is 0 Å². The van der Waals surface area contributed by atoms with Crippen molar-refractivity contribution in [2.45, 2.75) is 61.8 Å². The number of rotatable bonds is 1. The van der Waals surface area contributed by atoms with E-state index in [9.17, 15) is 4.79 Å². The van der Waals surface area contributed by atoms with E-state index in [0.29, 0.717) is 12.2 Å². The summed E-state index contributed by atoms with van der Waals surface area (Å²) in [7, 11) is 0.